The number of ether oxygens (including phenoxy) is 2. The summed E-state index contributed by atoms with van der Waals surface area (Å²) in [5, 5.41) is 2.68. The van der Waals surface area contributed by atoms with Gasteiger partial charge in [0.15, 0.2) is 0 Å². The summed E-state index contributed by atoms with van der Waals surface area (Å²) in [6.45, 7) is 7.62. The van der Waals surface area contributed by atoms with E-state index in [1.807, 2.05) is 37.3 Å². The molecule has 2 rings (SSSR count). The zero-order valence-corrected chi connectivity index (χ0v) is 17.2. The number of hydrogen-bond donors (Lipinski definition) is 1. The fourth-order valence-electron chi connectivity index (χ4n) is 3.28. The molecular weight excluding hydrogens is 360 g/mol. The molecule has 3 atom stereocenters. The average Bonchev–Trinajstić information content (AvgIpc) is 2.62. The van der Waals surface area contributed by atoms with E-state index < -0.39 is 29.7 Å². The van der Waals surface area contributed by atoms with E-state index in [1.54, 1.807) is 20.8 Å². The Morgan fingerprint density at radius 3 is 2.46 bits per heavy atom. The number of likely N-dealkylation sites (tertiary alicyclic amines) is 1. The van der Waals surface area contributed by atoms with E-state index in [0.717, 1.165) is 5.56 Å². The van der Waals surface area contributed by atoms with Crippen molar-refractivity contribution in [3.05, 3.63) is 35.9 Å². The molecule has 0 radical (unpaired) electrons. The Hall–Kier alpha value is -2.57. The van der Waals surface area contributed by atoms with Crippen molar-refractivity contribution in [2.24, 2.45) is 5.92 Å². The number of methoxy groups -OCH3 is 1. The van der Waals surface area contributed by atoms with Crippen LogP contribution >= 0.6 is 0 Å². The van der Waals surface area contributed by atoms with E-state index in [1.165, 1.54) is 12.0 Å². The number of nitrogens with one attached hydrogen (secondary N) is 1. The lowest BCUT2D eigenvalue weighted by Gasteiger charge is -2.40. The quantitative estimate of drug-likeness (QED) is 0.781. The monoisotopic (exact) mass is 390 g/mol. The number of carbonyl (C=O) groups excluding carboxylic acids is 3. The van der Waals surface area contributed by atoms with Crippen LogP contribution in [0, 0.1) is 5.92 Å². The maximum atomic E-state index is 13.1. The maximum absolute atomic E-state index is 13.1. The first kappa shape index (κ1) is 21.7. The van der Waals surface area contributed by atoms with E-state index >= 15 is 0 Å². The summed E-state index contributed by atoms with van der Waals surface area (Å²) in [7, 11) is 1.31. The van der Waals surface area contributed by atoms with E-state index in [4.69, 9.17) is 9.47 Å². The van der Waals surface area contributed by atoms with Gasteiger partial charge in [0.2, 0.25) is 5.91 Å². The van der Waals surface area contributed by atoms with Gasteiger partial charge >= 0.3 is 12.1 Å². The lowest BCUT2D eigenvalue weighted by Crippen LogP contribution is -2.60. The molecule has 1 heterocycles. The summed E-state index contributed by atoms with van der Waals surface area (Å²) in [4.78, 5) is 39.3. The fraction of sp³-hybridized carbons (Fsp3) is 0.571. The predicted octanol–water partition coefficient (Wildman–Crippen LogP) is 2.53. The van der Waals surface area contributed by atoms with Crippen LogP contribution in [-0.2, 0) is 25.5 Å². The van der Waals surface area contributed by atoms with Crippen LogP contribution in [0.2, 0.25) is 0 Å². The fourth-order valence-corrected chi connectivity index (χ4v) is 3.28. The molecule has 7 nitrogen and oxygen atoms in total. The summed E-state index contributed by atoms with van der Waals surface area (Å²) in [6.07, 6.45) is 0.374. The maximum Gasteiger partial charge on any atom is 0.408 e. The topological polar surface area (TPSA) is 84.9 Å². The van der Waals surface area contributed by atoms with Crippen molar-refractivity contribution in [3.8, 4) is 0 Å². The Morgan fingerprint density at radius 1 is 1.25 bits per heavy atom. The summed E-state index contributed by atoms with van der Waals surface area (Å²) < 4.78 is 10.2. The molecule has 1 aromatic carbocycles. The van der Waals surface area contributed by atoms with Crippen molar-refractivity contribution < 1.29 is 23.9 Å². The second-order valence-electron chi connectivity index (χ2n) is 8.15. The third kappa shape index (κ3) is 5.71. The zero-order chi connectivity index (χ0) is 20.9. The van der Waals surface area contributed by atoms with Crippen molar-refractivity contribution >= 4 is 18.0 Å². The van der Waals surface area contributed by atoms with Gasteiger partial charge in [0, 0.05) is 13.0 Å². The molecule has 1 N–H and O–H groups in total. The second kappa shape index (κ2) is 9.08. The second-order valence-corrected chi connectivity index (χ2v) is 8.15. The van der Waals surface area contributed by atoms with Crippen LogP contribution in [0.5, 0.6) is 0 Å². The van der Waals surface area contributed by atoms with E-state index in [0.29, 0.717) is 19.4 Å². The predicted molar refractivity (Wildman–Crippen MR) is 105 cm³/mol. The Balaban J connectivity index is 2.18. The van der Waals surface area contributed by atoms with Crippen molar-refractivity contribution in [2.45, 2.75) is 58.2 Å². The van der Waals surface area contributed by atoms with Gasteiger partial charge in [-0.05, 0) is 38.7 Å². The molecule has 0 spiro atoms. The van der Waals surface area contributed by atoms with Gasteiger partial charge in [-0.25, -0.2) is 9.59 Å². The van der Waals surface area contributed by atoms with Gasteiger partial charge in [0.1, 0.15) is 17.7 Å². The summed E-state index contributed by atoms with van der Waals surface area (Å²) in [5.41, 5.74) is 0.271. The third-order valence-corrected chi connectivity index (χ3v) is 4.74. The molecular formula is C21H30N2O5. The zero-order valence-electron chi connectivity index (χ0n) is 17.2. The van der Waals surface area contributed by atoms with Crippen molar-refractivity contribution in [1.82, 2.24) is 10.2 Å². The molecule has 154 valence electrons. The highest BCUT2D eigenvalue weighted by atomic mass is 16.6. The molecule has 1 aliphatic rings. The first-order valence-corrected chi connectivity index (χ1v) is 9.54. The van der Waals surface area contributed by atoms with Crippen LogP contribution < -0.4 is 5.32 Å². The molecule has 0 unspecified atom stereocenters. The van der Waals surface area contributed by atoms with Crippen molar-refractivity contribution in [3.63, 3.8) is 0 Å². The number of rotatable bonds is 5. The third-order valence-electron chi connectivity index (χ3n) is 4.74. The number of piperidine rings is 1. The van der Waals surface area contributed by atoms with Crippen molar-refractivity contribution in [2.75, 3.05) is 13.7 Å². The highest BCUT2D eigenvalue weighted by Crippen LogP contribution is 2.23. The normalized spacial score (nSPS) is 21.0. The Labute approximate surface area is 166 Å². The van der Waals surface area contributed by atoms with Crippen LogP contribution in [0.1, 0.15) is 39.7 Å². The SMILES string of the molecule is COC(=O)[C@H](Cc1ccccc1)N1CC[C@@H](C)[C@H](NC(=O)OC(C)(C)C)C1=O. The summed E-state index contributed by atoms with van der Waals surface area (Å²) in [6, 6.07) is 7.99. The van der Waals surface area contributed by atoms with Crippen molar-refractivity contribution in [1.29, 1.82) is 0 Å². The Bertz CT molecular complexity index is 698. The minimum Gasteiger partial charge on any atom is -0.467 e. The van der Waals surface area contributed by atoms with Gasteiger partial charge in [-0.3, -0.25) is 4.79 Å². The Morgan fingerprint density at radius 2 is 1.89 bits per heavy atom. The number of benzene rings is 1. The van der Waals surface area contributed by atoms with Crippen LogP contribution in [0.15, 0.2) is 30.3 Å². The van der Waals surface area contributed by atoms with Crippen LogP contribution in [0.3, 0.4) is 0 Å². The van der Waals surface area contributed by atoms with Crippen LogP contribution in [0.4, 0.5) is 4.79 Å². The lowest BCUT2D eigenvalue weighted by molar-refractivity contribution is -0.156. The number of carbonyl (C=O) groups is 3. The molecule has 1 aromatic rings. The lowest BCUT2D eigenvalue weighted by atomic mass is 9.90. The molecule has 1 saturated heterocycles. The van der Waals surface area contributed by atoms with Gasteiger partial charge in [-0.1, -0.05) is 37.3 Å². The summed E-state index contributed by atoms with van der Waals surface area (Å²) >= 11 is 0. The Kier molecular flexibility index (Phi) is 7.05. The molecule has 1 aliphatic heterocycles. The van der Waals surface area contributed by atoms with Gasteiger partial charge in [0.25, 0.3) is 0 Å². The first-order valence-electron chi connectivity index (χ1n) is 9.54. The summed E-state index contributed by atoms with van der Waals surface area (Å²) in [5.74, 6) is -0.829. The number of esters is 1. The molecule has 1 fully saturated rings. The molecule has 0 aliphatic carbocycles. The number of hydrogen-bond acceptors (Lipinski definition) is 5. The molecule has 0 aromatic heterocycles. The molecule has 0 bridgehead atoms. The number of alkyl carbamates (subject to hydrolysis) is 1. The van der Waals surface area contributed by atoms with Crippen LogP contribution in [-0.4, -0.2) is 54.2 Å². The van der Waals surface area contributed by atoms with Gasteiger partial charge in [-0.2, -0.15) is 0 Å². The highest BCUT2D eigenvalue weighted by Gasteiger charge is 2.41. The first-order chi connectivity index (χ1) is 13.1. The number of amides is 2. The van der Waals surface area contributed by atoms with Crippen LogP contribution in [0.25, 0.3) is 0 Å². The van der Waals surface area contributed by atoms with Gasteiger partial charge in [-0.15, -0.1) is 0 Å². The van der Waals surface area contributed by atoms with Gasteiger partial charge in [0.05, 0.1) is 7.11 Å². The molecule has 0 saturated carbocycles. The standard InChI is InChI=1S/C21H30N2O5/c1-14-11-12-23(18(24)17(14)22-20(26)28-21(2,3)4)16(19(25)27-5)13-15-9-7-6-8-10-15/h6-10,14,16-17H,11-13H2,1-5H3,(H,22,26)/t14-,16+,17+/m1/s1. The van der Waals surface area contributed by atoms with E-state index in [2.05, 4.69) is 5.32 Å². The van der Waals surface area contributed by atoms with E-state index in [-0.39, 0.29) is 11.8 Å². The smallest absolute Gasteiger partial charge is 0.408 e. The average molecular weight is 390 g/mol. The minimum absolute atomic E-state index is 0.0636. The highest BCUT2D eigenvalue weighted by molar-refractivity contribution is 5.90. The molecule has 2 amide bonds. The van der Waals surface area contributed by atoms with E-state index in [9.17, 15) is 14.4 Å². The molecule has 7 heteroatoms. The number of nitrogens with zero attached hydrogens (tertiary/aromatic N) is 1. The van der Waals surface area contributed by atoms with Gasteiger partial charge < -0.3 is 19.7 Å². The molecule has 28 heavy (non-hydrogen) atoms. The minimum atomic E-state index is -0.744. The largest absolute Gasteiger partial charge is 0.467 e.